The third-order valence-corrected chi connectivity index (χ3v) is 6.54. The van der Waals surface area contributed by atoms with Gasteiger partial charge in [0.25, 0.3) is 5.69 Å². The van der Waals surface area contributed by atoms with Gasteiger partial charge in [0.05, 0.1) is 16.5 Å². The van der Waals surface area contributed by atoms with Crippen molar-refractivity contribution in [2.75, 3.05) is 6.54 Å². The van der Waals surface area contributed by atoms with Crippen LogP contribution in [0.4, 0.5) is 5.69 Å². The number of fused-ring (bicyclic) bond motifs is 1. The number of hydrogen-bond donors (Lipinski definition) is 1. The Morgan fingerprint density at radius 2 is 1.91 bits per heavy atom. The maximum absolute atomic E-state index is 12.5. The van der Waals surface area contributed by atoms with Crippen molar-refractivity contribution in [2.45, 2.75) is 50.5 Å². The van der Waals surface area contributed by atoms with Gasteiger partial charge in [-0.1, -0.05) is 36.6 Å². The Morgan fingerprint density at radius 3 is 2.59 bits per heavy atom. The molecule has 4 rings (SSSR count). The van der Waals surface area contributed by atoms with Gasteiger partial charge in [-0.15, -0.1) is 0 Å². The molecule has 0 radical (unpaired) electrons. The lowest BCUT2D eigenvalue weighted by Gasteiger charge is -2.30. The Hall–Kier alpha value is -3.13. The average molecular weight is 458 g/mol. The lowest BCUT2D eigenvalue weighted by atomic mass is 9.79. The predicted molar refractivity (Wildman–Crippen MR) is 121 cm³/mol. The van der Waals surface area contributed by atoms with E-state index in [1.165, 1.54) is 28.3 Å². The number of non-ortho nitro benzene ring substituents is 1. The van der Waals surface area contributed by atoms with Gasteiger partial charge >= 0.3 is 5.76 Å². The van der Waals surface area contributed by atoms with E-state index in [0.29, 0.717) is 30.0 Å². The topological polar surface area (TPSA) is 107 Å². The van der Waals surface area contributed by atoms with Crippen molar-refractivity contribution in [3.63, 3.8) is 0 Å². The second-order valence-electron chi connectivity index (χ2n) is 8.30. The standard InChI is InChI=1S/C23H24ClN3O5/c24-17-7-5-16(6-8-17)23(11-1-2-12-23)15-25-21(28)4-3-13-26-19-10-9-18(27(30)31)14-20(19)32-22(26)29/h5-10,14H,1-4,11-13,15H2,(H,25,28). The van der Waals surface area contributed by atoms with Crippen molar-refractivity contribution in [1.82, 2.24) is 9.88 Å². The number of halogens is 1. The number of benzene rings is 2. The summed E-state index contributed by atoms with van der Waals surface area (Å²) in [5, 5.41) is 14.7. The van der Waals surface area contributed by atoms with Crippen LogP contribution in [-0.4, -0.2) is 21.9 Å². The number of nitro groups is 1. The van der Waals surface area contributed by atoms with Crippen LogP contribution in [0.1, 0.15) is 44.1 Å². The number of hydrogen-bond acceptors (Lipinski definition) is 5. The molecule has 0 bridgehead atoms. The number of nitrogens with one attached hydrogen (secondary N) is 1. The summed E-state index contributed by atoms with van der Waals surface area (Å²) in [6.07, 6.45) is 5.03. The van der Waals surface area contributed by atoms with Crippen LogP contribution in [-0.2, 0) is 16.8 Å². The highest BCUT2D eigenvalue weighted by atomic mass is 35.5. The molecule has 0 atom stereocenters. The van der Waals surface area contributed by atoms with Gasteiger partial charge in [-0.05, 0) is 43.0 Å². The molecule has 0 spiro atoms. The number of carbonyl (C=O) groups excluding carboxylic acids is 1. The first-order valence-corrected chi connectivity index (χ1v) is 11.1. The molecule has 8 nitrogen and oxygen atoms in total. The average Bonchev–Trinajstić information content (AvgIpc) is 3.37. The minimum absolute atomic E-state index is 0.0628. The van der Waals surface area contributed by atoms with Gasteiger partial charge in [0.15, 0.2) is 5.58 Å². The Balaban J connectivity index is 1.35. The third kappa shape index (κ3) is 4.55. The fraction of sp³-hybridized carbons (Fsp3) is 0.391. The molecular weight excluding hydrogens is 434 g/mol. The molecule has 1 N–H and O–H groups in total. The van der Waals surface area contributed by atoms with Crippen molar-refractivity contribution >= 4 is 34.3 Å². The highest BCUT2D eigenvalue weighted by Gasteiger charge is 2.35. The van der Waals surface area contributed by atoms with Crippen molar-refractivity contribution in [1.29, 1.82) is 0 Å². The first-order valence-electron chi connectivity index (χ1n) is 10.7. The minimum atomic E-state index is -0.589. The largest absolute Gasteiger partial charge is 0.419 e. The molecule has 0 aliphatic heterocycles. The Bertz CT molecular complexity index is 1190. The second-order valence-corrected chi connectivity index (χ2v) is 8.74. The Morgan fingerprint density at radius 1 is 1.19 bits per heavy atom. The molecule has 0 unspecified atom stereocenters. The van der Waals surface area contributed by atoms with Crippen molar-refractivity contribution in [3.8, 4) is 0 Å². The third-order valence-electron chi connectivity index (χ3n) is 6.29. The van der Waals surface area contributed by atoms with E-state index in [9.17, 15) is 19.7 Å². The van der Waals surface area contributed by atoms with Crippen molar-refractivity contribution < 1.29 is 14.1 Å². The predicted octanol–water partition coefficient (Wildman–Crippen LogP) is 4.56. The van der Waals surface area contributed by atoms with Crippen LogP contribution in [0, 0.1) is 10.1 Å². The molecule has 2 aromatic carbocycles. The zero-order chi connectivity index (χ0) is 22.7. The van der Waals surface area contributed by atoms with Crippen LogP contribution < -0.4 is 11.1 Å². The number of nitro benzene ring substituents is 1. The number of aromatic nitrogens is 1. The molecule has 1 aliphatic rings. The molecule has 1 aromatic heterocycles. The summed E-state index contributed by atoms with van der Waals surface area (Å²) in [5.74, 6) is -0.657. The van der Waals surface area contributed by atoms with E-state index in [0.717, 1.165) is 25.7 Å². The van der Waals surface area contributed by atoms with Gasteiger partial charge in [0.1, 0.15) is 0 Å². The molecule has 1 amide bonds. The number of aryl methyl sites for hydroxylation is 1. The summed E-state index contributed by atoms with van der Waals surface area (Å²) in [6.45, 7) is 0.866. The summed E-state index contributed by atoms with van der Waals surface area (Å²) in [7, 11) is 0. The molecule has 32 heavy (non-hydrogen) atoms. The summed E-state index contributed by atoms with van der Waals surface area (Å²) < 4.78 is 6.53. The zero-order valence-corrected chi connectivity index (χ0v) is 18.3. The SMILES string of the molecule is O=C(CCCn1c(=O)oc2cc([N+](=O)[O-])ccc21)NCC1(c2ccc(Cl)cc2)CCCC1. The van der Waals surface area contributed by atoms with E-state index >= 15 is 0 Å². The number of amides is 1. The number of nitrogens with zero attached hydrogens (tertiary/aromatic N) is 2. The maximum Gasteiger partial charge on any atom is 0.419 e. The summed E-state index contributed by atoms with van der Waals surface area (Å²) in [5.41, 5.74) is 1.64. The van der Waals surface area contributed by atoms with Gasteiger partial charge in [0, 0.05) is 36.0 Å². The second kappa shape index (κ2) is 9.16. The Kier molecular flexibility index (Phi) is 6.32. The van der Waals surface area contributed by atoms with Crippen LogP contribution in [0.5, 0.6) is 0 Å². The summed E-state index contributed by atoms with van der Waals surface area (Å²) in [6, 6.07) is 11.9. The van der Waals surface area contributed by atoms with Gasteiger partial charge in [-0.2, -0.15) is 0 Å². The highest BCUT2D eigenvalue weighted by Crippen LogP contribution is 2.41. The monoisotopic (exact) mass is 457 g/mol. The van der Waals surface area contributed by atoms with E-state index in [2.05, 4.69) is 5.32 Å². The minimum Gasteiger partial charge on any atom is -0.407 e. The van der Waals surface area contributed by atoms with Crippen molar-refractivity contribution in [3.05, 3.63) is 73.7 Å². The number of carbonyl (C=O) groups is 1. The fourth-order valence-corrected chi connectivity index (χ4v) is 4.68. The molecular formula is C23H24ClN3O5. The van der Waals surface area contributed by atoms with E-state index in [1.807, 2.05) is 24.3 Å². The maximum atomic E-state index is 12.5. The molecule has 1 saturated carbocycles. The van der Waals surface area contributed by atoms with Gasteiger partial charge in [0.2, 0.25) is 5.91 Å². The lowest BCUT2D eigenvalue weighted by molar-refractivity contribution is -0.384. The van der Waals surface area contributed by atoms with E-state index in [-0.39, 0.29) is 29.0 Å². The van der Waals surface area contributed by atoms with Crippen molar-refractivity contribution in [2.24, 2.45) is 0 Å². The number of oxazole rings is 1. The van der Waals surface area contributed by atoms with E-state index in [4.69, 9.17) is 16.0 Å². The highest BCUT2D eigenvalue weighted by molar-refractivity contribution is 6.30. The van der Waals surface area contributed by atoms with Crippen LogP contribution in [0.25, 0.3) is 11.1 Å². The fourth-order valence-electron chi connectivity index (χ4n) is 4.56. The smallest absolute Gasteiger partial charge is 0.407 e. The normalized spacial score (nSPS) is 15.2. The first kappa shape index (κ1) is 22.1. The summed E-state index contributed by atoms with van der Waals surface area (Å²) in [4.78, 5) is 35.0. The van der Waals surface area contributed by atoms with Crippen LogP contribution >= 0.6 is 11.6 Å². The molecule has 1 aliphatic carbocycles. The molecule has 0 saturated heterocycles. The quantitative estimate of drug-likeness (QED) is 0.394. The lowest BCUT2D eigenvalue weighted by Crippen LogP contribution is -2.39. The van der Waals surface area contributed by atoms with Crippen LogP contribution in [0.2, 0.25) is 5.02 Å². The van der Waals surface area contributed by atoms with E-state index in [1.54, 1.807) is 0 Å². The Labute approximate surface area is 189 Å². The van der Waals surface area contributed by atoms with Crippen LogP contribution in [0.3, 0.4) is 0 Å². The van der Waals surface area contributed by atoms with Gasteiger partial charge in [-0.25, -0.2) is 4.79 Å². The molecule has 168 valence electrons. The summed E-state index contributed by atoms with van der Waals surface area (Å²) >= 11 is 6.03. The molecule has 3 aromatic rings. The molecule has 1 heterocycles. The molecule has 1 fully saturated rings. The number of rotatable bonds is 8. The molecule has 9 heteroatoms. The van der Waals surface area contributed by atoms with E-state index < -0.39 is 10.7 Å². The first-order chi connectivity index (χ1) is 15.4. The van der Waals surface area contributed by atoms with Gasteiger partial charge in [-0.3, -0.25) is 19.5 Å². The zero-order valence-electron chi connectivity index (χ0n) is 17.5. The van der Waals surface area contributed by atoms with Gasteiger partial charge < -0.3 is 9.73 Å². The van der Waals surface area contributed by atoms with Crippen LogP contribution in [0.15, 0.2) is 51.7 Å².